The minimum atomic E-state index is -0.0874. The van der Waals surface area contributed by atoms with E-state index in [4.69, 9.17) is 15.0 Å². The Hall–Kier alpha value is -7.36. The van der Waals surface area contributed by atoms with E-state index in [0.717, 1.165) is 66.0 Å². The largest absolute Gasteiger partial charge is 0.308 e. The van der Waals surface area contributed by atoms with Crippen LogP contribution in [0.1, 0.15) is 111 Å². The number of benzene rings is 7. The van der Waals surface area contributed by atoms with Crippen LogP contribution >= 0.6 is 0 Å². The van der Waals surface area contributed by atoms with Crippen LogP contribution in [0.2, 0.25) is 0 Å². The number of hydrogen-bond acceptors (Lipinski definition) is 4. The fourth-order valence-electron chi connectivity index (χ4n) is 9.63. The first-order chi connectivity index (χ1) is 32.2. The van der Waals surface area contributed by atoms with Crippen molar-refractivity contribution in [3.63, 3.8) is 0 Å². The summed E-state index contributed by atoms with van der Waals surface area (Å²) in [6.45, 7) is 27.2. The highest BCUT2D eigenvalue weighted by Crippen LogP contribution is 2.44. The first kappa shape index (κ1) is 44.5. The molecule has 0 radical (unpaired) electrons. The van der Waals surface area contributed by atoms with Crippen LogP contribution in [0, 0.1) is 11.3 Å². The fourth-order valence-corrected chi connectivity index (χ4v) is 9.63. The standard InChI is InChI=1S/C62H60N6/c1-59(2,3)40-23-28-50-45(33-40)46-34-41(60(4,5)6)24-29-51(46)67(50)54-32-27-44(58-65-56(38-19-15-13-16-20-38)64-57(66-58)39-21-17-14-18-22-39)55(49(54)37-63)68-52-30-25-42(61(7,8)9)35-47(52)48-36-43(62(10,11)12)26-31-53(48)68/h13-36H,1-12H3. The van der Waals surface area contributed by atoms with Gasteiger partial charge in [0.1, 0.15) is 11.6 Å². The number of rotatable bonds is 5. The fraction of sp³-hybridized carbons (Fsp3) is 0.258. The summed E-state index contributed by atoms with van der Waals surface area (Å²) < 4.78 is 4.61. The van der Waals surface area contributed by atoms with Crippen molar-refractivity contribution in [3.8, 4) is 51.6 Å². The molecule has 7 aromatic carbocycles. The Balaban J connectivity index is 1.38. The number of hydrogen-bond donors (Lipinski definition) is 0. The van der Waals surface area contributed by atoms with Crippen molar-refractivity contribution in [3.05, 3.63) is 173 Å². The highest BCUT2D eigenvalue weighted by molar-refractivity contribution is 6.12. The minimum Gasteiger partial charge on any atom is -0.308 e. The van der Waals surface area contributed by atoms with Crippen molar-refractivity contribution in [2.75, 3.05) is 0 Å². The van der Waals surface area contributed by atoms with E-state index in [1.54, 1.807) is 0 Å². The lowest BCUT2D eigenvalue weighted by Gasteiger charge is -2.21. The Labute approximate surface area is 401 Å². The van der Waals surface area contributed by atoms with Gasteiger partial charge in [-0.1, -0.05) is 168 Å². The second kappa shape index (κ2) is 15.9. The zero-order valence-electron chi connectivity index (χ0n) is 41.5. The Kier molecular flexibility index (Phi) is 10.4. The third-order valence-electron chi connectivity index (χ3n) is 13.7. The molecule has 68 heavy (non-hydrogen) atoms. The number of nitrogens with zero attached hydrogens (tertiary/aromatic N) is 6. The van der Waals surface area contributed by atoms with Gasteiger partial charge in [-0.25, -0.2) is 15.0 Å². The summed E-state index contributed by atoms with van der Waals surface area (Å²) in [7, 11) is 0. The van der Waals surface area contributed by atoms with Gasteiger partial charge in [0.15, 0.2) is 17.5 Å². The van der Waals surface area contributed by atoms with E-state index in [0.29, 0.717) is 28.7 Å². The normalized spacial score (nSPS) is 12.7. The molecule has 3 heterocycles. The van der Waals surface area contributed by atoms with E-state index >= 15 is 0 Å². The van der Waals surface area contributed by atoms with Crippen LogP contribution in [0.25, 0.3) is 89.2 Å². The summed E-state index contributed by atoms with van der Waals surface area (Å²) in [5, 5.41) is 16.6. The van der Waals surface area contributed by atoms with Crippen molar-refractivity contribution >= 4 is 43.6 Å². The van der Waals surface area contributed by atoms with Gasteiger partial charge in [0.2, 0.25) is 0 Å². The average Bonchev–Trinajstić information content (AvgIpc) is 3.81. The molecule has 0 fully saturated rings. The van der Waals surface area contributed by atoms with Gasteiger partial charge < -0.3 is 9.13 Å². The maximum absolute atomic E-state index is 12.0. The third kappa shape index (κ3) is 7.64. The van der Waals surface area contributed by atoms with Gasteiger partial charge in [-0.2, -0.15) is 5.26 Å². The predicted octanol–water partition coefficient (Wildman–Crippen LogP) is 16.1. The smallest absolute Gasteiger partial charge is 0.166 e. The van der Waals surface area contributed by atoms with Crippen molar-refractivity contribution in [1.82, 2.24) is 24.1 Å². The predicted molar refractivity (Wildman–Crippen MR) is 284 cm³/mol. The lowest BCUT2D eigenvalue weighted by atomic mass is 9.85. The Morgan fingerprint density at radius 2 is 0.721 bits per heavy atom. The third-order valence-corrected chi connectivity index (χ3v) is 13.7. The SMILES string of the molecule is CC(C)(C)c1ccc2c(c1)c1cc(C(C)(C)C)ccc1n2-c1ccc(-c2nc(-c3ccccc3)nc(-c3ccccc3)n2)c(-n2c3ccc(C(C)(C)C)cc3c3cc(C(C)(C)C)ccc32)c1C#N. The van der Waals surface area contributed by atoms with Crippen LogP contribution in [0.5, 0.6) is 0 Å². The zero-order chi connectivity index (χ0) is 48.1. The molecule has 0 unspecified atom stereocenters. The molecule has 10 rings (SSSR count). The summed E-state index contributed by atoms with van der Waals surface area (Å²) in [6.07, 6.45) is 0. The second-order valence-electron chi connectivity index (χ2n) is 22.6. The lowest BCUT2D eigenvalue weighted by Crippen LogP contribution is -2.11. The van der Waals surface area contributed by atoms with Gasteiger partial charge in [0.25, 0.3) is 0 Å². The maximum Gasteiger partial charge on any atom is 0.166 e. The second-order valence-corrected chi connectivity index (χ2v) is 22.6. The van der Waals surface area contributed by atoms with Gasteiger partial charge in [0, 0.05) is 38.2 Å². The molecule has 3 aromatic heterocycles. The van der Waals surface area contributed by atoms with E-state index in [2.05, 4.69) is 183 Å². The first-order valence-electron chi connectivity index (χ1n) is 23.8. The Morgan fingerprint density at radius 1 is 0.382 bits per heavy atom. The summed E-state index contributed by atoms with van der Waals surface area (Å²) in [6, 6.07) is 54.6. The van der Waals surface area contributed by atoms with Crippen LogP contribution in [0.4, 0.5) is 0 Å². The van der Waals surface area contributed by atoms with Crippen molar-refractivity contribution < 1.29 is 0 Å². The molecular weight excluding hydrogens is 829 g/mol. The van der Waals surface area contributed by atoms with E-state index in [-0.39, 0.29) is 21.7 Å². The number of nitriles is 1. The Bertz CT molecular complexity index is 3450. The van der Waals surface area contributed by atoms with Crippen molar-refractivity contribution in [1.29, 1.82) is 5.26 Å². The molecule has 0 atom stereocenters. The van der Waals surface area contributed by atoms with Crippen LogP contribution in [0.15, 0.2) is 146 Å². The molecule has 6 nitrogen and oxygen atoms in total. The van der Waals surface area contributed by atoms with E-state index in [9.17, 15) is 5.26 Å². The summed E-state index contributed by atoms with van der Waals surface area (Å²) in [5.74, 6) is 1.60. The van der Waals surface area contributed by atoms with Crippen LogP contribution in [-0.2, 0) is 21.7 Å². The molecule has 338 valence electrons. The quantitative estimate of drug-likeness (QED) is 0.173. The van der Waals surface area contributed by atoms with E-state index in [1.807, 2.05) is 60.7 Å². The molecule has 0 aliphatic rings. The molecule has 0 N–H and O–H groups in total. The van der Waals surface area contributed by atoms with Crippen molar-refractivity contribution in [2.45, 2.75) is 105 Å². The molecule has 0 bridgehead atoms. The summed E-state index contributed by atoms with van der Waals surface area (Å²) >= 11 is 0. The molecule has 10 aromatic rings. The molecular formula is C62H60N6. The van der Waals surface area contributed by atoms with Crippen LogP contribution in [0.3, 0.4) is 0 Å². The highest BCUT2D eigenvalue weighted by atomic mass is 15.1. The summed E-state index contributed by atoms with van der Waals surface area (Å²) in [4.78, 5) is 15.7. The van der Waals surface area contributed by atoms with Gasteiger partial charge in [-0.3, -0.25) is 0 Å². The Morgan fingerprint density at radius 3 is 1.06 bits per heavy atom. The molecule has 0 spiro atoms. The summed E-state index contributed by atoms with van der Waals surface area (Å²) in [5.41, 5.74) is 13.3. The lowest BCUT2D eigenvalue weighted by molar-refractivity contribution is 0.590. The molecule has 0 saturated carbocycles. The zero-order valence-corrected chi connectivity index (χ0v) is 41.5. The van der Waals surface area contributed by atoms with E-state index < -0.39 is 0 Å². The molecule has 0 saturated heterocycles. The topological polar surface area (TPSA) is 72.3 Å². The molecule has 6 heteroatoms. The highest BCUT2D eigenvalue weighted by Gasteiger charge is 2.29. The number of aromatic nitrogens is 5. The first-order valence-corrected chi connectivity index (χ1v) is 23.8. The molecule has 0 amide bonds. The molecule has 0 aliphatic carbocycles. The molecule has 0 aliphatic heterocycles. The van der Waals surface area contributed by atoms with Crippen LogP contribution in [-0.4, -0.2) is 24.1 Å². The van der Waals surface area contributed by atoms with Gasteiger partial charge in [0.05, 0.1) is 33.4 Å². The minimum absolute atomic E-state index is 0.0606. The van der Waals surface area contributed by atoms with Crippen molar-refractivity contribution in [2.24, 2.45) is 0 Å². The van der Waals surface area contributed by atoms with Gasteiger partial charge in [-0.15, -0.1) is 0 Å². The van der Waals surface area contributed by atoms with Gasteiger partial charge in [-0.05, 0) is 105 Å². The van der Waals surface area contributed by atoms with Gasteiger partial charge >= 0.3 is 0 Å². The number of fused-ring (bicyclic) bond motifs is 6. The monoisotopic (exact) mass is 888 g/mol. The van der Waals surface area contributed by atoms with E-state index in [1.165, 1.54) is 22.3 Å². The maximum atomic E-state index is 12.0. The average molecular weight is 889 g/mol. The van der Waals surface area contributed by atoms with Crippen LogP contribution < -0.4 is 0 Å².